The SMILES string of the molecule is COCC(NC(=O)c1cccn1C1CC1)c1ccco1. The standard InChI is InChI=1S/C15H18N2O3/c1-19-10-12(14-5-3-9-20-14)16-15(18)13-4-2-8-17(13)11-6-7-11/h2-5,8-9,11-12H,6-7,10H2,1H3,(H,16,18). The lowest BCUT2D eigenvalue weighted by atomic mass is 10.2. The highest BCUT2D eigenvalue weighted by Crippen LogP contribution is 2.36. The van der Waals surface area contributed by atoms with E-state index in [0.717, 1.165) is 12.8 Å². The lowest BCUT2D eigenvalue weighted by molar-refractivity contribution is 0.0874. The number of furan rings is 1. The molecule has 0 radical (unpaired) electrons. The minimum atomic E-state index is -0.273. The number of hydrogen-bond acceptors (Lipinski definition) is 3. The second-order valence-electron chi connectivity index (χ2n) is 5.03. The first-order chi connectivity index (χ1) is 9.79. The number of nitrogens with one attached hydrogen (secondary N) is 1. The highest BCUT2D eigenvalue weighted by atomic mass is 16.5. The van der Waals surface area contributed by atoms with Crippen LogP contribution in [0.25, 0.3) is 0 Å². The molecule has 0 saturated heterocycles. The molecule has 1 atom stereocenters. The van der Waals surface area contributed by atoms with Crippen molar-refractivity contribution in [3.05, 3.63) is 48.2 Å². The molecule has 2 aromatic heterocycles. The predicted octanol–water partition coefficient (Wildman–Crippen LogP) is 2.53. The van der Waals surface area contributed by atoms with Gasteiger partial charge in [0.15, 0.2) is 0 Å². The van der Waals surface area contributed by atoms with E-state index in [4.69, 9.17) is 9.15 Å². The Balaban J connectivity index is 1.74. The lowest BCUT2D eigenvalue weighted by Gasteiger charge is -2.16. The van der Waals surface area contributed by atoms with E-state index in [1.165, 1.54) is 0 Å². The maximum absolute atomic E-state index is 12.4. The summed E-state index contributed by atoms with van der Waals surface area (Å²) in [5.74, 6) is 0.602. The summed E-state index contributed by atoms with van der Waals surface area (Å²) in [6.45, 7) is 0.378. The lowest BCUT2D eigenvalue weighted by Crippen LogP contribution is -2.32. The van der Waals surface area contributed by atoms with Crippen LogP contribution in [0, 0.1) is 0 Å². The summed E-state index contributed by atoms with van der Waals surface area (Å²) < 4.78 is 12.6. The molecule has 0 aliphatic heterocycles. The third-order valence-corrected chi connectivity index (χ3v) is 3.48. The van der Waals surface area contributed by atoms with Crippen molar-refractivity contribution in [2.75, 3.05) is 13.7 Å². The van der Waals surface area contributed by atoms with Gasteiger partial charge in [0.1, 0.15) is 17.5 Å². The second kappa shape index (κ2) is 5.54. The molecule has 3 rings (SSSR count). The molecule has 5 heteroatoms. The smallest absolute Gasteiger partial charge is 0.268 e. The molecule has 106 valence electrons. The van der Waals surface area contributed by atoms with E-state index in [1.807, 2.05) is 29.0 Å². The Kier molecular flexibility index (Phi) is 3.60. The fraction of sp³-hybridized carbons (Fsp3) is 0.400. The zero-order chi connectivity index (χ0) is 13.9. The van der Waals surface area contributed by atoms with E-state index in [1.54, 1.807) is 19.4 Å². The van der Waals surface area contributed by atoms with E-state index in [9.17, 15) is 4.79 Å². The molecular weight excluding hydrogens is 256 g/mol. The molecule has 1 amide bonds. The first-order valence-electron chi connectivity index (χ1n) is 6.79. The maximum Gasteiger partial charge on any atom is 0.268 e. The number of hydrogen-bond donors (Lipinski definition) is 1. The molecule has 1 unspecified atom stereocenters. The average molecular weight is 274 g/mol. The summed E-state index contributed by atoms with van der Waals surface area (Å²) >= 11 is 0. The fourth-order valence-electron chi connectivity index (χ4n) is 2.34. The molecule has 1 fully saturated rings. The fourth-order valence-corrected chi connectivity index (χ4v) is 2.34. The molecule has 2 aromatic rings. The molecule has 0 aromatic carbocycles. The molecule has 0 spiro atoms. The van der Waals surface area contributed by atoms with E-state index >= 15 is 0 Å². The number of methoxy groups -OCH3 is 1. The molecule has 20 heavy (non-hydrogen) atoms. The van der Waals surface area contributed by atoms with Crippen molar-refractivity contribution in [1.29, 1.82) is 0 Å². The van der Waals surface area contributed by atoms with Crippen LogP contribution in [-0.2, 0) is 4.74 Å². The van der Waals surface area contributed by atoms with Gasteiger partial charge in [-0.05, 0) is 37.1 Å². The largest absolute Gasteiger partial charge is 0.467 e. The topological polar surface area (TPSA) is 56.4 Å². The summed E-state index contributed by atoms with van der Waals surface area (Å²) in [6, 6.07) is 7.60. The monoisotopic (exact) mass is 274 g/mol. The van der Waals surface area contributed by atoms with Gasteiger partial charge in [0, 0.05) is 19.3 Å². The van der Waals surface area contributed by atoms with Gasteiger partial charge < -0.3 is 19.0 Å². The Morgan fingerprint density at radius 1 is 1.50 bits per heavy atom. The van der Waals surface area contributed by atoms with Crippen LogP contribution in [0.3, 0.4) is 0 Å². The van der Waals surface area contributed by atoms with Gasteiger partial charge in [0.2, 0.25) is 0 Å². The zero-order valence-electron chi connectivity index (χ0n) is 11.4. The quantitative estimate of drug-likeness (QED) is 0.880. The van der Waals surface area contributed by atoms with Crippen LogP contribution < -0.4 is 5.32 Å². The number of amides is 1. The van der Waals surface area contributed by atoms with Crippen LogP contribution in [0.1, 0.15) is 41.2 Å². The Hall–Kier alpha value is -2.01. The molecular formula is C15H18N2O3. The van der Waals surface area contributed by atoms with Gasteiger partial charge >= 0.3 is 0 Å². The highest BCUT2D eigenvalue weighted by molar-refractivity contribution is 5.93. The van der Waals surface area contributed by atoms with Gasteiger partial charge in [-0.2, -0.15) is 0 Å². The van der Waals surface area contributed by atoms with Gasteiger partial charge in [0.05, 0.1) is 12.9 Å². The van der Waals surface area contributed by atoms with Crippen molar-refractivity contribution in [3.63, 3.8) is 0 Å². The van der Waals surface area contributed by atoms with Crippen molar-refractivity contribution in [3.8, 4) is 0 Å². The van der Waals surface area contributed by atoms with Crippen LogP contribution in [-0.4, -0.2) is 24.2 Å². The van der Waals surface area contributed by atoms with Gasteiger partial charge in [-0.15, -0.1) is 0 Å². The summed E-state index contributed by atoms with van der Waals surface area (Å²) in [6.07, 6.45) is 5.85. The Morgan fingerprint density at radius 2 is 2.35 bits per heavy atom. The van der Waals surface area contributed by atoms with Gasteiger partial charge in [-0.1, -0.05) is 0 Å². The van der Waals surface area contributed by atoms with E-state index in [2.05, 4.69) is 5.32 Å². The number of carbonyl (C=O) groups is 1. The summed E-state index contributed by atoms with van der Waals surface area (Å²) in [5.41, 5.74) is 0.695. The molecule has 0 bridgehead atoms. The minimum Gasteiger partial charge on any atom is -0.467 e. The van der Waals surface area contributed by atoms with Gasteiger partial charge in [0.25, 0.3) is 5.91 Å². The van der Waals surface area contributed by atoms with Crippen molar-refractivity contribution >= 4 is 5.91 Å². The maximum atomic E-state index is 12.4. The zero-order valence-corrected chi connectivity index (χ0v) is 11.4. The molecule has 1 aliphatic carbocycles. The number of carbonyl (C=O) groups excluding carboxylic acids is 1. The average Bonchev–Trinajstić information content (AvgIpc) is 2.96. The predicted molar refractivity (Wildman–Crippen MR) is 73.5 cm³/mol. The van der Waals surface area contributed by atoms with Crippen LogP contribution in [0.4, 0.5) is 0 Å². The van der Waals surface area contributed by atoms with E-state index in [0.29, 0.717) is 24.1 Å². The van der Waals surface area contributed by atoms with Gasteiger partial charge in [-0.25, -0.2) is 0 Å². The van der Waals surface area contributed by atoms with E-state index in [-0.39, 0.29) is 11.9 Å². The normalized spacial score (nSPS) is 16.1. The second-order valence-corrected chi connectivity index (χ2v) is 5.03. The number of ether oxygens (including phenoxy) is 1. The number of aromatic nitrogens is 1. The molecule has 2 heterocycles. The Morgan fingerprint density at radius 3 is 3.00 bits per heavy atom. The van der Waals surface area contributed by atoms with Gasteiger partial charge in [-0.3, -0.25) is 4.79 Å². The van der Waals surface area contributed by atoms with Crippen molar-refractivity contribution in [1.82, 2.24) is 9.88 Å². The number of nitrogens with zero attached hydrogens (tertiary/aromatic N) is 1. The van der Waals surface area contributed by atoms with Crippen molar-refractivity contribution in [2.24, 2.45) is 0 Å². The minimum absolute atomic E-state index is 0.0969. The molecule has 5 nitrogen and oxygen atoms in total. The summed E-state index contributed by atoms with van der Waals surface area (Å²) in [5, 5.41) is 2.97. The first-order valence-corrected chi connectivity index (χ1v) is 6.79. The third-order valence-electron chi connectivity index (χ3n) is 3.48. The van der Waals surface area contributed by atoms with Crippen LogP contribution in [0.5, 0.6) is 0 Å². The Bertz CT molecular complexity index is 570. The number of rotatable bonds is 6. The van der Waals surface area contributed by atoms with E-state index < -0.39 is 0 Å². The van der Waals surface area contributed by atoms with Crippen molar-refractivity contribution < 1.29 is 13.9 Å². The molecule has 1 aliphatic rings. The first kappa shape index (κ1) is 13.0. The highest BCUT2D eigenvalue weighted by Gasteiger charge is 2.27. The Labute approximate surface area is 117 Å². The van der Waals surface area contributed by atoms with Crippen molar-refractivity contribution in [2.45, 2.75) is 24.9 Å². The summed E-state index contributed by atoms with van der Waals surface area (Å²) in [7, 11) is 1.61. The third kappa shape index (κ3) is 2.63. The summed E-state index contributed by atoms with van der Waals surface area (Å²) in [4.78, 5) is 12.4. The molecule has 1 N–H and O–H groups in total. The van der Waals surface area contributed by atoms with Crippen LogP contribution in [0.15, 0.2) is 41.1 Å². The molecule has 1 saturated carbocycles. The van der Waals surface area contributed by atoms with Crippen LogP contribution >= 0.6 is 0 Å². The van der Waals surface area contributed by atoms with Crippen LogP contribution in [0.2, 0.25) is 0 Å².